The number of carbonyl (C=O) groups excluding carboxylic acids is 2. The molecule has 28 heavy (non-hydrogen) atoms. The number of carboxylic acids is 1. The molecule has 1 amide bonds. The Bertz CT molecular complexity index is 858. The third-order valence-electron chi connectivity index (χ3n) is 4.85. The molecule has 0 fully saturated rings. The van der Waals surface area contributed by atoms with Crippen molar-refractivity contribution in [3.8, 4) is 0 Å². The molecule has 1 unspecified atom stereocenters. The van der Waals surface area contributed by atoms with Crippen LogP contribution in [0.5, 0.6) is 0 Å². The number of amides is 1. The minimum absolute atomic E-state index is 0.0389. The first kappa shape index (κ1) is 21.8. The number of carboxylic acid groups (broad SMARTS) is 1. The van der Waals surface area contributed by atoms with Crippen molar-refractivity contribution in [3.05, 3.63) is 58.9 Å². The SMILES string of the molecule is CSCCC(C(=O)O)N(C)C(=O)Cc1ccc(C(=O)c2ccc(C)cc2)n1C. The first-order valence-corrected chi connectivity index (χ1v) is 10.4. The summed E-state index contributed by atoms with van der Waals surface area (Å²) >= 11 is 1.55. The lowest BCUT2D eigenvalue weighted by atomic mass is 10.1. The van der Waals surface area contributed by atoms with Gasteiger partial charge in [-0.3, -0.25) is 9.59 Å². The number of nitrogens with zero attached hydrogens (tertiary/aromatic N) is 2. The second-order valence-corrected chi connectivity index (χ2v) is 7.77. The van der Waals surface area contributed by atoms with Gasteiger partial charge in [0.1, 0.15) is 6.04 Å². The van der Waals surface area contributed by atoms with E-state index in [1.165, 1.54) is 11.9 Å². The van der Waals surface area contributed by atoms with Crippen molar-refractivity contribution < 1.29 is 19.5 Å². The van der Waals surface area contributed by atoms with Crippen molar-refractivity contribution >= 4 is 29.4 Å². The molecule has 0 radical (unpaired) electrons. The summed E-state index contributed by atoms with van der Waals surface area (Å²) in [7, 11) is 3.26. The number of ketones is 1. The van der Waals surface area contributed by atoms with E-state index in [-0.39, 0.29) is 18.1 Å². The Morgan fingerprint density at radius 2 is 1.79 bits per heavy atom. The summed E-state index contributed by atoms with van der Waals surface area (Å²) < 4.78 is 1.70. The van der Waals surface area contributed by atoms with Crippen molar-refractivity contribution in [1.29, 1.82) is 0 Å². The fourth-order valence-electron chi connectivity index (χ4n) is 2.98. The Balaban J connectivity index is 2.14. The lowest BCUT2D eigenvalue weighted by molar-refractivity contribution is -0.148. The first-order valence-electron chi connectivity index (χ1n) is 8.99. The van der Waals surface area contributed by atoms with Crippen LogP contribution in [0.15, 0.2) is 36.4 Å². The van der Waals surface area contributed by atoms with E-state index >= 15 is 0 Å². The third-order valence-corrected chi connectivity index (χ3v) is 5.49. The summed E-state index contributed by atoms with van der Waals surface area (Å²) in [5.74, 6) is -0.748. The number of aliphatic carboxylic acids is 1. The predicted octanol–water partition coefficient (Wildman–Crippen LogP) is 2.77. The van der Waals surface area contributed by atoms with Crippen LogP contribution in [0, 0.1) is 6.92 Å². The van der Waals surface area contributed by atoms with Gasteiger partial charge in [0.25, 0.3) is 0 Å². The van der Waals surface area contributed by atoms with Gasteiger partial charge >= 0.3 is 5.97 Å². The summed E-state index contributed by atoms with van der Waals surface area (Å²) in [4.78, 5) is 38.1. The second-order valence-electron chi connectivity index (χ2n) is 6.78. The number of hydrogen-bond acceptors (Lipinski definition) is 4. The average molecular weight is 403 g/mol. The first-order chi connectivity index (χ1) is 13.3. The molecular formula is C21H26N2O4S. The second kappa shape index (κ2) is 9.59. The Labute approximate surface area is 169 Å². The summed E-state index contributed by atoms with van der Waals surface area (Å²) in [5, 5.41) is 9.41. The van der Waals surface area contributed by atoms with E-state index in [4.69, 9.17) is 0 Å². The highest BCUT2D eigenvalue weighted by molar-refractivity contribution is 7.98. The fourth-order valence-corrected chi connectivity index (χ4v) is 3.44. The van der Waals surface area contributed by atoms with Crippen LogP contribution in [0.4, 0.5) is 0 Å². The zero-order valence-electron chi connectivity index (χ0n) is 16.6. The zero-order valence-corrected chi connectivity index (χ0v) is 17.5. The predicted molar refractivity (Wildman–Crippen MR) is 111 cm³/mol. The van der Waals surface area contributed by atoms with E-state index in [2.05, 4.69) is 0 Å². The molecule has 6 nitrogen and oxygen atoms in total. The van der Waals surface area contributed by atoms with Crippen molar-refractivity contribution in [2.45, 2.75) is 25.8 Å². The number of thioether (sulfide) groups is 1. The van der Waals surface area contributed by atoms with Gasteiger partial charge in [-0.1, -0.05) is 29.8 Å². The van der Waals surface area contributed by atoms with E-state index < -0.39 is 12.0 Å². The number of hydrogen-bond donors (Lipinski definition) is 1. The van der Waals surface area contributed by atoms with Crippen LogP contribution in [0.3, 0.4) is 0 Å². The van der Waals surface area contributed by atoms with E-state index in [1.807, 2.05) is 25.3 Å². The summed E-state index contributed by atoms with van der Waals surface area (Å²) in [6.45, 7) is 1.96. The minimum atomic E-state index is -1.01. The van der Waals surface area contributed by atoms with Crippen LogP contribution in [-0.4, -0.2) is 57.3 Å². The van der Waals surface area contributed by atoms with Crippen LogP contribution >= 0.6 is 11.8 Å². The molecular weight excluding hydrogens is 376 g/mol. The molecule has 1 aromatic carbocycles. The molecule has 0 saturated carbocycles. The molecule has 1 N–H and O–H groups in total. The number of likely N-dealkylation sites (N-methyl/N-ethyl adjacent to an activating group) is 1. The highest BCUT2D eigenvalue weighted by Crippen LogP contribution is 2.16. The number of carbonyl (C=O) groups is 3. The summed E-state index contributed by atoms with van der Waals surface area (Å²) in [6, 6.07) is 9.93. The van der Waals surface area contributed by atoms with Gasteiger partial charge in [-0.05, 0) is 37.5 Å². The van der Waals surface area contributed by atoms with Gasteiger partial charge in [0.05, 0.1) is 12.1 Å². The number of aromatic nitrogens is 1. The summed E-state index contributed by atoms with van der Waals surface area (Å²) in [5.41, 5.74) is 2.82. The zero-order chi connectivity index (χ0) is 20.8. The molecule has 0 saturated heterocycles. The van der Waals surface area contributed by atoms with Gasteiger partial charge in [0.2, 0.25) is 11.7 Å². The topological polar surface area (TPSA) is 79.6 Å². The van der Waals surface area contributed by atoms with Gasteiger partial charge in [0.15, 0.2) is 0 Å². The Morgan fingerprint density at radius 3 is 2.36 bits per heavy atom. The normalized spacial score (nSPS) is 11.9. The van der Waals surface area contributed by atoms with Gasteiger partial charge in [-0.25, -0.2) is 4.79 Å². The Kier molecular flexibility index (Phi) is 7.45. The Hall–Kier alpha value is -2.54. The van der Waals surface area contributed by atoms with Crippen molar-refractivity contribution in [1.82, 2.24) is 9.47 Å². The maximum Gasteiger partial charge on any atom is 0.326 e. The van der Waals surface area contributed by atoms with Crippen LogP contribution in [0.25, 0.3) is 0 Å². The van der Waals surface area contributed by atoms with Crippen molar-refractivity contribution in [2.75, 3.05) is 19.1 Å². The lowest BCUT2D eigenvalue weighted by Crippen LogP contribution is -2.43. The summed E-state index contributed by atoms with van der Waals surface area (Å²) in [6.07, 6.45) is 2.33. The van der Waals surface area contributed by atoms with Crippen LogP contribution in [-0.2, 0) is 23.1 Å². The maximum atomic E-state index is 12.7. The van der Waals surface area contributed by atoms with Crippen LogP contribution in [0.2, 0.25) is 0 Å². The highest BCUT2D eigenvalue weighted by Gasteiger charge is 2.27. The van der Waals surface area contributed by atoms with Gasteiger partial charge in [0, 0.05) is 25.4 Å². The monoisotopic (exact) mass is 402 g/mol. The highest BCUT2D eigenvalue weighted by atomic mass is 32.2. The average Bonchev–Trinajstić information content (AvgIpc) is 3.02. The molecule has 7 heteroatoms. The van der Waals surface area contributed by atoms with E-state index in [0.29, 0.717) is 29.1 Å². The molecule has 0 aliphatic carbocycles. The van der Waals surface area contributed by atoms with Crippen molar-refractivity contribution in [2.24, 2.45) is 7.05 Å². The quantitative estimate of drug-likeness (QED) is 0.653. The number of aryl methyl sites for hydroxylation is 1. The molecule has 1 atom stereocenters. The smallest absolute Gasteiger partial charge is 0.326 e. The molecule has 2 rings (SSSR count). The van der Waals surface area contributed by atoms with Crippen LogP contribution < -0.4 is 0 Å². The number of benzene rings is 1. The molecule has 1 heterocycles. The molecule has 150 valence electrons. The maximum absolute atomic E-state index is 12.7. The van der Waals surface area contributed by atoms with Gasteiger partial charge < -0.3 is 14.6 Å². The largest absolute Gasteiger partial charge is 0.480 e. The molecule has 0 aliphatic rings. The molecule has 0 bridgehead atoms. The van der Waals surface area contributed by atoms with E-state index in [0.717, 1.165) is 5.56 Å². The van der Waals surface area contributed by atoms with Gasteiger partial charge in [-0.15, -0.1) is 0 Å². The van der Waals surface area contributed by atoms with E-state index in [1.54, 1.807) is 47.6 Å². The van der Waals surface area contributed by atoms with Crippen LogP contribution in [0.1, 0.15) is 33.7 Å². The third kappa shape index (κ3) is 5.04. The molecule has 2 aromatic rings. The fraction of sp³-hybridized carbons (Fsp3) is 0.381. The lowest BCUT2D eigenvalue weighted by Gasteiger charge is -2.25. The van der Waals surface area contributed by atoms with E-state index in [9.17, 15) is 19.5 Å². The van der Waals surface area contributed by atoms with Gasteiger partial charge in [-0.2, -0.15) is 11.8 Å². The molecule has 0 spiro atoms. The van der Waals surface area contributed by atoms with Crippen molar-refractivity contribution in [3.63, 3.8) is 0 Å². The number of rotatable bonds is 9. The Morgan fingerprint density at radius 1 is 1.14 bits per heavy atom. The standard InChI is InChI=1S/C21H26N2O4S/c1-14-5-7-15(8-6-14)20(25)17-10-9-16(22(17)2)13-19(24)23(3)18(21(26)27)11-12-28-4/h5-10,18H,11-13H2,1-4H3,(H,26,27). The molecule has 0 aliphatic heterocycles. The minimum Gasteiger partial charge on any atom is -0.480 e. The molecule has 1 aromatic heterocycles.